The SMILES string of the molecule is O=C1CCCN1Nc1cc(Nc2ccc3[nH]ncc3c2)ncn1. The van der Waals surface area contributed by atoms with E-state index in [1.54, 1.807) is 17.3 Å². The molecule has 8 nitrogen and oxygen atoms in total. The van der Waals surface area contributed by atoms with Gasteiger partial charge in [-0.3, -0.25) is 20.3 Å². The Hall–Kier alpha value is -3.16. The second-order valence-corrected chi connectivity index (χ2v) is 5.35. The van der Waals surface area contributed by atoms with Crippen LogP contribution in [0.3, 0.4) is 0 Å². The van der Waals surface area contributed by atoms with Crippen molar-refractivity contribution in [1.82, 2.24) is 25.2 Å². The molecule has 1 aliphatic heterocycles. The number of aromatic amines is 1. The number of hydrazine groups is 1. The fourth-order valence-corrected chi connectivity index (χ4v) is 2.56. The van der Waals surface area contributed by atoms with Gasteiger partial charge in [-0.05, 0) is 24.6 Å². The summed E-state index contributed by atoms with van der Waals surface area (Å²) < 4.78 is 0. The minimum atomic E-state index is 0.0866. The van der Waals surface area contributed by atoms with Gasteiger partial charge in [0.15, 0.2) is 0 Å². The van der Waals surface area contributed by atoms with Crippen molar-refractivity contribution in [3.63, 3.8) is 0 Å². The fourth-order valence-electron chi connectivity index (χ4n) is 2.56. The number of aromatic nitrogens is 4. The van der Waals surface area contributed by atoms with Crippen molar-refractivity contribution >= 4 is 34.1 Å². The number of hydrogen-bond acceptors (Lipinski definition) is 6. The van der Waals surface area contributed by atoms with Gasteiger partial charge in [0, 0.05) is 30.1 Å². The van der Waals surface area contributed by atoms with E-state index in [1.165, 1.54) is 6.33 Å². The van der Waals surface area contributed by atoms with Gasteiger partial charge in [-0.1, -0.05) is 0 Å². The van der Waals surface area contributed by atoms with Gasteiger partial charge >= 0.3 is 0 Å². The third kappa shape index (κ3) is 2.78. The first-order valence-electron chi connectivity index (χ1n) is 7.37. The summed E-state index contributed by atoms with van der Waals surface area (Å²) in [5.74, 6) is 1.32. The van der Waals surface area contributed by atoms with Crippen molar-refractivity contribution in [1.29, 1.82) is 0 Å². The number of hydrogen-bond donors (Lipinski definition) is 3. The molecule has 0 bridgehead atoms. The number of anilines is 3. The van der Waals surface area contributed by atoms with E-state index in [2.05, 4.69) is 30.9 Å². The molecule has 1 aliphatic rings. The molecule has 1 fully saturated rings. The highest BCUT2D eigenvalue weighted by Crippen LogP contribution is 2.21. The lowest BCUT2D eigenvalue weighted by Crippen LogP contribution is -2.31. The summed E-state index contributed by atoms with van der Waals surface area (Å²) in [5.41, 5.74) is 4.90. The molecule has 3 heterocycles. The molecule has 0 unspecified atom stereocenters. The molecular formula is C15H15N7O. The van der Waals surface area contributed by atoms with Gasteiger partial charge in [0.05, 0.1) is 11.7 Å². The van der Waals surface area contributed by atoms with Crippen molar-refractivity contribution in [3.8, 4) is 0 Å². The number of carbonyl (C=O) groups is 1. The monoisotopic (exact) mass is 309 g/mol. The van der Waals surface area contributed by atoms with Crippen LogP contribution in [-0.2, 0) is 4.79 Å². The standard InChI is InChI=1S/C15H15N7O/c23-15-2-1-5-22(15)21-14-7-13(16-9-17-14)19-11-3-4-12-10(6-11)8-18-20-12/h3-4,6-9H,1-2,5H2,(H,18,20)(H2,16,17,19,21). The van der Waals surface area contributed by atoms with Crippen molar-refractivity contribution < 1.29 is 4.79 Å². The lowest BCUT2D eigenvalue weighted by atomic mass is 10.2. The number of amides is 1. The Morgan fingerprint density at radius 1 is 1.17 bits per heavy atom. The highest BCUT2D eigenvalue weighted by atomic mass is 16.2. The van der Waals surface area contributed by atoms with Gasteiger partial charge in [-0.2, -0.15) is 5.10 Å². The average Bonchev–Trinajstić information content (AvgIpc) is 3.17. The van der Waals surface area contributed by atoms with Gasteiger partial charge in [-0.15, -0.1) is 0 Å². The van der Waals surface area contributed by atoms with E-state index >= 15 is 0 Å². The third-order valence-corrected chi connectivity index (χ3v) is 3.70. The molecule has 0 aliphatic carbocycles. The summed E-state index contributed by atoms with van der Waals surface area (Å²) in [6.07, 6.45) is 4.68. The highest BCUT2D eigenvalue weighted by molar-refractivity contribution is 5.83. The number of benzene rings is 1. The number of nitrogens with zero attached hydrogens (tertiary/aromatic N) is 4. The normalized spacial score (nSPS) is 14.4. The molecule has 1 amide bonds. The van der Waals surface area contributed by atoms with Crippen LogP contribution in [0, 0.1) is 0 Å². The van der Waals surface area contributed by atoms with Crippen molar-refractivity contribution in [3.05, 3.63) is 36.8 Å². The summed E-state index contributed by atoms with van der Waals surface area (Å²) >= 11 is 0. The van der Waals surface area contributed by atoms with E-state index in [0.717, 1.165) is 23.0 Å². The lowest BCUT2D eigenvalue weighted by Gasteiger charge is -2.17. The highest BCUT2D eigenvalue weighted by Gasteiger charge is 2.20. The molecule has 4 rings (SSSR count). The molecule has 1 aromatic carbocycles. The Balaban J connectivity index is 1.52. The Morgan fingerprint density at radius 2 is 2.09 bits per heavy atom. The first kappa shape index (κ1) is 13.5. The Bertz CT molecular complexity index is 860. The Kier molecular flexibility index (Phi) is 3.26. The zero-order chi connectivity index (χ0) is 15.6. The fraction of sp³-hybridized carbons (Fsp3) is 0.200. The van der Waals surface area contributed by atoms with E-state index in [-0.39, 0.29) is 5.91 Å². The molecule has 3 aromatic rings. The molecule has 116 valence electrons. The number of rotatable bonds is 4. The summed E-state index contributed by atoms with van der Waals surface area (Å²) in [7, 11) is 0. The summed E-state index contributed by atoms with van der Waals surface area (Å²) in [4.78, 5) is 20.0. The maximum Gasteiger partial charge on any atom is 0.241 e. The van der Waals surface area contributed by atoms with Crippen molar-refractivity contribution in [2.45, 2.75) is 12.8 Å². The number of fused-ring (bicyclic) bond motifs is 1. The minimum absolute atomic E-state index is 0.0866. The van der Waals surface area contributed by atoms with Gasteiger partial charge in [0.1, 0.15) is 18.0 Å². The van der Waals surface area contributed by atoms with Crippen molar-refractivity contribution in [2.75, 3.05) is 17.3 Å². The molecule has 2 aromatic heterocycles. The predicted molar refractivity (Wildman–Crippen MR) is 86.0 cm³/mol. The van der Waals surface area contributed by atoms with Crippen LogP contribution >= 0.6 is 0 Å². The van der Waals surface area contributed by atoms with Crippen LogP contribution in [0.4, 0.5) is 17.3 Å². The Labute approximate surface area is 131 Å². The number of carbonyl (C=O) groups excluding carboxylic acids is 1. The van der Waals surface area contributed by atoms with Crippen LogP contribution < -0.4 is 10.7 Å². The molecule has 23 heavy (non-hydrogen) atoms. The number of H-pyrrole nitrogens is 1. The molecule has 0 radical (unpaired) electrons. The lowest BCUT2D eigenvalue weighted by molar-refractivity contribution is -0.126. The van der Waals surface area contributed by atoms with Crippen LogP contribution in [-0.4, -0.2) is 37.6 Å². The van der Waals surface area contributed by atoms with Gasteiger partial charge in [0.25, 0.3) is 0 Å². The molecule has 3 N–H and O–H groups in total. The van der Waals surface area contributed by atoms with Crippen LogP contribution in [0.5, 0.6) is 0 Å². The first-order chi connectivity index (χ1) is 11.3. The second-order valence-electron chi connectivity index (χ2n) is 5.35. The van der Waals surface area contributed by atoms with Gasteiger partial charge < -0.3 is 5.32 Å². The smallest absolute Gasteiger partial charge is 0.241 e. The summed E-state index contributed by atoms with van der Waals surface area (Å²) in [6, 6.07) is 7.65. The maximum absolute atomic E-state index is 11.6. The van der Waals surface area contributed by atoms with Crippen LogP contribution in [0.1, 0.15) is 12.8 Å². The van der Waals surface area contributed by atoms with E-state index in [9.17, 15) is 4.79 Å². The molecule has 0 saturated carbocycles. The Morgan fingerprint density at radius 3 is 2.96 bits per heavy atom. The first-order valence-corrected chi connectivity index (χ1v) is 7.37. The van der Waals surface area contributed by atoms with E-state index in [1.807, 2.05) is 18.2 Å². The largest absolute Gasteiger partial charge is 0.340 e. The quantitative estimate of drug-likeness (QED) is 0.682. The molecule has 8 heteroatoms. The second kappa shape index (κ2) is 5.56. The van der Waals surface area contributed by atoms with Crippen molar-refractivity contribution in [2.24, 2.45) is 0 Å². The maximum atomic E-state index is 11.6. The average molecular weight is 309 g/mol. The van der Waals surface area contributed by atoms with E-state index in [4.69, 9.17) is 0 Å². The zero-order valence-corrected chi connectivity index (χ0v) is 12.3. The molecule has 1 saturated heterocycles. The molecular weight excluding hydrogens is 294 g/mol. The third-order valence-electron chi connectivity index (χ3n) is 3.70. The zero-order valence-electron chi connectivity index (χ0n) is 12.3. The number of nitrogens with one attached hydrogen (secondary N) is 3. The topological polar surface area (TPSA) is 98.8 Å². The van der Waals surface area contributed by atoms with Gasteiger partial charge in [-0.25, -0.2) is 9.97 Å². The summed E-state index contributed by atoms with van der Waals surface area (Å²) in [6.45, 7) is 0.697. The minimum Gasteiger partial charge on any atom is -0.340 e. The van der Waals surface area contributed by atoms with Crippen LogP contribution in [0.25, 0.3) is 10.9 Å². The van der Waals surface area contributed by atoms with E-state index < -0.39 is 0 Å². The molecule has 0 spiro atoms. The van der Waals surface area contributed by atoms with E-state index in [0.29, 0.717) is 24.6 Å². The predicted octanol–water partition coefficient (Wildman–Crippen LogP) is 2.05. The van der Waals surface area contributed by atoms with Gasteiger partial charge in [0.2, 0.25) is 5.91 Å². The van der Waals surface area contributed by atoms with Crippen LogP contribution in [0.2, 0.25) is 0 Å². The van der Waals surface area contributed by atoms with Crippen LogP contribution in [0.15, 0.2) is 36.8 Å². The molecule has 0 atom stereocenters. The summed E-state index contributed by atoms with van der Waals surface area (Å²) in [5, 5.41) is 12.7.